The molecule has 2 saturated carbocycles. The number of carbonyl (C=O) groups excluding carboxylic acids is 1. The minimum Gasteiger partial charge on any atom is -0.323 e. The highest BCUT2D eigenvalue weighted by atomic mass is 79.9. The number of halogens is 2. The minimum atomic E-state index is 0.0550. The fourth-order valence-corrected chi connectivity index (χ4v) is 4.06. The van der Waals surface area contributed by atoms with Crippen LogP contribution >= 0.6 is 27.5 Å². The van der Waals surface area contributed by atoms with Crippen molar-refractivity contribution in [3.63, 3.8) is 0 Å². The van der Waals surface area contributed by atoms with Crippen LogP contribution in [0.3, 0.4) is 0 Å². The number of aromatic nitrogens is 1. The molecule has 1 heterocycles. The Kier molecular flexibility index (Phi) is 3.81. The zero-order chi connectivity index (χ0) is 13.4. The highest BCUT2D eigenvalue weighted by Crippen LogP contribution is 2.49. The number of anilines is 1. The molecule has 3 rings (SSSR count). The van der Waals surface area contributed by atoms with E-state index >= 15 is 0 Å². The summed E-state index contributed by atoms with van der Waals surface area (Å²) in [5, 5.41) is 3.21. The fourth-order valence-electron chi connectivity index (χ4n) is 3.58. The first-order valence-corrected chi connectivity index (χ1v) is 7.90. The van der Waals surface area contributed by atoms with E-state index in [1.54, 1.807) is 12.3 Å². The predicted molar refractivity (Wildman–Crippen MR) is 79.1 cm³/mol. The summed E-state index contributed by atoms with van der Waals surface area (Å²) in [5.74, 6) is 2.27. The summed E-state index contributed by atoms with van der Waals surface area (Å²) < 4.78 is 0.812. The van der Waals surface area contributed by atoms with Gasteiger partial charge in [0.1, 0.15) is 0 Å². The SMILES string of the molecule is O=C(CC1CC2CCC1C2)Nc1cc(Br)cnc1Cl. The lowest BCUT2D eigenvalue weighted by molar-refractivity contribution is -0.117. The van der Waals surface area contributed by atoms with Crippen molar-refractivity contribution in [2.45, 2.75) is 32.1 Å². The van der Waals surface area contributed by atoms with Gasteiger partial charge in [0.2, 0.25) is 5.91 Å². The van der Waals surface area contributed by atoms with E-state index in [0.29, 0.717) is 23.2 Å². The molecule has 2 aliphatic rings. The summed E-state index contributed by atoms with van der Waals surface area (Å²) in [6.07, 6.45) is 7.46. The number of hydrogen-bond acceptors (Lipinski definition) is 2. The third-order valence-electron chi connectivity index (χ3n) is 4.41. The third-order valence-corrected chi connectivity index (χ3v) is 5.15. The van der Waals surface area contributed by atoms with Crippen LogP contribution < -0.4 is 5.32 Å². The third kappa shape index (κ3) is 2.95. The van der Waals surface area contributed by atoms with Gasteiger partial charge in [-0.1, -0.05) is 18.0 Å². The highest BCUT2D eigenvalue weighted by molar-refractivity contribution is 9.10. The van der Waals surface area contributed by atoms with Crippen molar-refractivity contribution in [1.29, 1.82) is 0 Å². The van der Waals surface area contributed by atoms with Crippen LogP contribution in [0.1, 0.15) is 32.1 Å². The van der Waals surface area contributed by atoms with Gasteiger partial charge in [-0.05, 0) is 59.0 Å². The first kappa shape index (κ1) is 13.4. The molecule has 19 heavy (non-hydrogen) atoms. The van der Waals surface area contributed by atoms with Crippen molar-refractivity contribution in [2.75, 3.05) is 5.32 Å². The van der Waals surface area contributed by atoms with Gasteiger partial charge in [-0.2, -0.15) is 0 Å². The maximum atomic E-state index is 12.1. The molecule has 3 nitrogen and oxygen atoms in total. The topological polar surface area (TPSA) is 42.0 Å². The normalized spacial score (nSPS) is 28.6. The molecular formula is C14H16BrClN2O. The average molecular weight is 344 g/mol. The molecule has 102 valence electrons. The first-order valence-electron chi connectivity index (χ1n) is 6.72. The Hall–Kier alpha value is -0.610. The number of nitrogens with one attached hydrogen (secondary N) is 1. The van der Waals surface area contributed by atoms with E-state index in [0.717, 1.165) is 16.3 Å². The molecule has 2 fully saturated rings. The second kappa shape index (κ2) is 5.41. The number of rotatable bonds is 3. The lowest BCUT2D eigenvalue weighted by atomic mass is 9.86. The van der Waals surface area contributed by atoms with E-state index in [1.807, 2.05) is 0 Å². The van der Waals surface area contributed by atoms with Crippen LogP contribution in [0.2, 0.25) is 5.15 Å². The second-order valence-corrected chi connectivity index (χ2v) is 6.95. The smallest absolute Gasteiger partial charge is 0.224 e. The van der Waals surface area contributed by atoms with Crippen molar-refractivity contribution in [3.05, 3.63) is 21.9 Å². The van der Waals surface area contributed by atoms with Crippen molar-refractivity contribution in [1.82, 2.24) is 4.98 Å². The Morgan fingerprint density at radius 1 is 1.47 bits per heavy atom. The summed E-state index contributed by atoms with van der Waals surface area (Å²) in [7, 11) is 0. The molecule has 1 aromatic heterocycles. The number of nitrogens with zero attached hydrogens (tertiary/aromatic N) is 1. The molecule has 2 aliphatic carbocycles. The number of pyridine rings is 1. The molecule has 0 radical (unpaired) electrons. The van der Waals surface area contributed by atoms with Gasteiger partial charge < -0.3 is 5.32 Å². The Morgan fingerprint density at radius 2 is 2.32 bits per heavy atom. The minimum absolute atomic E-state index is 0.0550. The van der Waals surface area contributed by atoms with Crippen molar-refractivity contribution in [2.24, 2.45) is 17.8 Å². The zero-order valence-electron chi connectivity index (χ0n) is 10.5. The summed E-state index contributed by atoms with van der Waals surface area (Å²) in [4.78, 5) is 16.1. The average Bonchev–Trinajstić information content (AvgIpc) is 2.96. The number of carbonyl (C=O) groups is 1. The Balaban J connectivity index is 1.61. The lowest BCUT2D eigenvalue weighted by Gasteiger charge is -2.21. The molecule has 0 aromatic carbocycles. The van der Waals surface area contributed by atoms with Crippen LogP contribution in [-0.2, 0) is 4.79 Å². The van der Waals surface area contributed by atoms with Gasteiger partial charge in [-0.15, -0.1) is 0 Å². The lowest BCUT2D eigenvalue weighted by Crippen LogP contribution is -2.20. The summed E-state index contributed by atoms with van der Waals surface area (Å²) in [5.41, 5.74) is 0.587. The fraction of sp³-hybridized carbons (Fsp3) is 0.571. The quantitative estimate of drug-likeness (QED) is 0.833. The summed E-state index contributed by atoms with van der Waals surface area (Å²) in [6.45, 7) is 0. The number of amides is 1. The maximum Gasteiger partial charge on any atom is 0.224 e. The standard InChI is InChI=1S/C14H16BrClN2O/c15-11-6-12(14(16)17-7-11)18-13(19)5-10-4-8-1-2-9(10)3-8/h6-10H,1-5H2,(H,18,19). The van der Waals surface area contributed by atoms with E-state index < -0.39 is 0 Å². The van der Waals surface area contributed by atoms with E-state index in [9.17, 15) is 4.79 Å². The van der Waals surface area contributed by atoms with E-state index in [1.165, 1.54) is 25.7 Å². The van der Waals surface area contributed by atoms with Crippen molar-refractivity contribution < 1.29 is 4.79 Å². The summed E-state index contributed by atoms with van der Waals surface area (Å²) >= 11 is 9.30. The molecule has 1 amide bonds. The molecule has 1 aromatic rings. The van der Waals surface area contributed by atoms with Crippen LogP contribution in [0.15, 0.2) is 16.7 Å². The molecule has 0 spiro atoms. The van der Waals surface area contributed by atoms with Crippen LogP contribution in [0.5, 0.6) is 0 Å². The molecule has 5 heteroatoms. The molecule has 2 bridgehead atoms. The Bertz CT molecular complexity index is 508. The van der Waals surface area contributed by atoms with Crippen LogP contribution in [0.4, 0.5) is 5.69 Å². The van der Waals surface area contributed by atoms with Gasteiger partial charge in [0.25, 0.3) is 0 Å². The number of hydrogen-bond donors (Lipinski definition) is 1. The second-order valence-electron chi connectivity index (χ2n) is 5.68. The van der Waals surface area contributed by atoms with Gasteiger partial charge in [0, 0.05) is 17.1 Å². The van der Waals surface area contributed by atoms with Gasteiger partial charge in [-0.3, -0.25) is 4.79 Å². The molecule has 3 atom stereocenters. The van der Waals surface area contributed by atoms with E-state index in [-0.39, 0.29) is 5.91 Å². The van der Waals surface area contributed by atoms with Crippen LogP contribution in [0, 0.1) is 17.8 Å². The van der Waals surface area contributed by atoms with E-state index in [2.05, 4.69) is 26.2 Å². The van der Waals surface area contributed by atoms with Crippen molar-refractivity contribution >= 4 is 39.1 Å². The zero-order valence-corrected chi connectivity index (χ0v) is 12.9. The molecule has 3 unspecified atom stereocenters. The summed E-state index contributed by atoms with van der Waals surface area (Å²) in [6, 6.07) is 1.79. The predicted octanol–water partition coefficient (Wildman–Crippen LogP) is 4.26. The molecular weight excluding hydrogens is 328 g/mol. The Morgan fingerprint density at radius 3 is 3.00 bits per heavy atom. The molecule has 0 saturated heterocycles. The van der Waals surface area contributed by atoms with Crippen LogP contribution in [0.25, 0.3) is 0 Å². The number of fused-ring (bicyclic) bond motifs is 2. The maximum absolute atomic E-state index is 12.1. The largest absolute Gasteiger partial charge is 0.323 e. The first-order chi connectivity index (χ1) is 9.11. The highest BCUT2D eigenvalue weighted by Gasteiger charge is 2.40. The van der Waals surface area contributed by atoms with Crippen LogP contribution in [-0.4, -0.2) is 10.9 Å². The van der Waals surface area contributed by atoms with Gasteiger partial charge in [-0.25, -0.2) is 4.98 Å². The van der Waals surface area contributed by atoms with Gasteiger partial charge >= 0.3 is 0 Å². The Labute approximate surface area is 126 Å². The van der Waals surface area contributed by atoms with E-state index in [4.69, 9.17) is 11.6 Å². The molecule has 0 aliphatic heterocycles. The van der Waals surface area contributed by atoms with Gasteiger partial charge in [0.05, 0.1) is 5.69 Å². The molecule has 1 N–H and O–H groups in total. The monoisotopic (exact) mass is 342 g/mol. The van der Waals surface area contributed by atoms with Crippen molar-refractivity contribution in [3.8, 4) is 0 Å². The van der Waals surface area contributed by atoms with Gasteiger partial charge in [0.15, 0.2) is 5.15 Å².